The molecule has 3 aromatic rings. The van der Waals surface area contributed by atoms with Crippen LogP contribution in [0.3, 0.4) is 0 Å². The van der Waals surface area contributed by atoms with Crippen LogP contribution in [0.1, 0.15) is 42.1 Å². The summed E-state index contributed by atoms with van der Waals surface area (Å²) in [6, 6.07) is 19.7. The van der Waals surface area contributed by atoms with Crippen LogP contribution >= 0.6 is 0 Å². The standard InChI is InChI=1S/C26H28FN3O3/c1-19(31)28-21-9-5-10-23(17-21)30(26(32)25-11-6-16-33-25)22-12-14-29(15-13-22)18-24(27)20-7-3-2-4-8-20/h2-11,16-17,22,24H,12-15,18H2,1H3,(H,28,31). The van der Waals surface area contributed by atoms with Crippen LogP contribution in [-0.2, 0) is 4.79 Å². The van der Waals surface area contributed by atoms with E-state index in [-0.39, 0.29) is 23.6 Å². The molecule has 1 aliphatic rings. The number of nitrogens with one attached hydrogen (secondary N) is 1. The molecule has 4 rings (SSSR count). The van der Waals surface area contributed by atoms with E-state index in [0.717, 1.165) is 0 Å². The van der Waals surface area contributed by atoms with E-state index in [2.05, 4.69) is 10.2 Å². The van der Waals surface area contributed by atoms with Crippen molar-refractivity contribution in [2.24, 2.45) is 0 Å². The monoisotopic (exact) mass is 449 g/mol. The third-order valence-electron chi connectivity index (χ3n) is 5.90. The Bertz CT molecular complexity index is 1060. The molecule has 1 aliphatic heterocycles. The minimum absolute atomic E-state index is 0.0683. The number of hydrogen-bond donors (Lipinski definition) is 1. The van der Waals surface area contributed by atoms with Gasteiger partial charge in [-0.05, 0) is 48.7 Å². The zero-order chi connectivity index (χ0) is 23.2. The van der Waals surface area contributed by atoms with Crippen molar-refractivity contribution in [3.63, 3.8) is 0 Å². The van der Waals surface area contributed by atoms with E-state index in [9.17, 15) is 14.0 Å². The van der Waals surface area contributed by atoms with Crippen molar-refractivity contribution in [1.29, 1.82) is 0 Å². The molecule has 1 atom stereocenters. The number of carbonyl (C=O) groups is 2. The zero-order valence-electron chi connectivity index (χ0n) is 18.6. The van der Waals surface area contributed by atoms with E-state index in [1.807, 2.05) is 42.5 Å². The van der Waals surface area contributed by atoms with E-state index < -0.39 is 6.17 Å². The number of hydrogen-bond acceptors (Lipinski definition) is 4. The van der Waals surface area contributed by atoms with Crippen molar-refractivity contribution < 1.29 is 18.4 Å². The van der Waals surface area contributed by atoms with Crippen LogP contribution in [-0.4, -0.2) is 42.4 Å². The third-order valence-corrected chi connectivity index (χ3v) is 5.90. The summed E-state index contributed by atoms with van der Waals surface area (Å²) in [5, 5.41) is 2.77. The molecular formula is C26H28FN3O3. The quantitative estimate of drug-likeness (QED) is 0.548. The van der Waals surface area contributed by atoms with Gasteiger partial charge in [-0.3, -0.25) is 14.5 Å². The Morgan fingerprint density at radius 2 is 1.85 bits per heavy atom. The Balaban J connectivity index is 1.49. The highest BCUT2D eigenvalue weighted by Gasteiger charge is 2.32. The van der Waals surface area contributed by atoms with Gasteiger partial charge in [-0.15, -0.1) is 0 Å². The number of nitrogens with zero attached hydrogens (tertiary/aromatic N) is 2. The smallest absolute Gasteiger partial charge is 0.294 e. The first kappa shape index (κ1) is 22.7. The number of amides is 2. The number of likely N-dealkylation sites (tertiary alicyclic amines) is 1. The summed E-state index contributed by atoms with van der Waals surface area (Å²) >= 11 is 0. The summed E-state index contributed by atoms with van der Waals surface area (Å²) in [6.45, 7) is 3.15. The van der Waals surface area contributed by atoms with Gasteiger partial charge in [-0.1, -0.05) is 36.4 Å². The lowest BCUT2D eigenvalue weighted by Gasteiger charge is -2.38. The van der Waals surface area contributed by atoms with Gasteiger partial charge in [0, 0.05) is 44.0 Å². The first-order valence-corrected chi connectivity index (χ1v) is 11.2. The van der Waals surface area contributed by atoms with Gasteiger partial charge < -0.3 is 14.6 Å². The molecule has 1 saturated heterocycles. The minimum atomic E-state index is -1.04. The Kier molecular flexibility index (Phi) is 7.19. The fourth-order valence-electron chi connectivity index (χ4n) is 4.30. The number of piperidine rings is 1. The van der Waals surface area contributed by atoms with Crippen LogP contribution in [0.5, 0.6) is 0 Å². The van der Waals surface area contributed by atoms with Gasteiger partial charge in [0.2, 0.25) is 5.91 Å². The molecule has 6 nitrogen and oxygen atoms in total. The summed E-state index contributed by atoms with van der Waals surface area (Å²) in [5.74, 6) is -0.148. The fourth-order valence-corrected chi connectivity index (χ4v) is 4.30. The molecule has 1 fully saturated rings. The fraction of sp³-hybridized carbons (Fsp3) is 0.308. The van der Waals surface area contributed by atoms with Crippen molar-refractivity contribution in [3.05, 3.63) is 84.3 Å². The average Bonchev–Trinajstić information content (AvgIpc) is 3.36. The first-order valence-electron chi connectivity index (χ1n) is 11.2. The maximum Gasteiger partial charge on any atom is 0.294 e. The van der Waals surface area contributed by atoms with Crippen LogP contribution in [0.25, 0.3) is 0 Å². The number of alkyl halides is 1. The highest BCUT2D eigenvalue weighted by atomic mass is 19.1. The van der Waals surface area contributed by atoms with Crippen molar-refractivity contribution >= 4 is 23.2 Å². The van der Waals surface area contributed by atoms with E-state index in [0.29, 0.717) is 49.4 Å². The number of anilines is 2. The van der Waals surface area contributed by atoms with Crippen LogP contribution in [0.15, 0.2) is 77.4 Å². The lowest BCUT2D eigenvalue weighted by atomic mass is 10.0. The summed E-state index contributed by atoms with van der Waals surface area (Å²) in [6.07, 6.45) is 1.85. The minimum Gasteiger partial charge on any atom is -0.459 e. The van der Waals surface area contributed by atoms with Gasteiger partial charge >= 0.3 is 0 Å². The summed E-state index contributed by atoms with van der Waals surface area (Å²) in [5.41, 5.74) is 2.00. The van der Waals surface area contributed by atoms with Crippen LogP contribution in [0, 0.1) is 0 Å². The van der Waals surface area contributed by atoms with Crippen molar-refractivity contribution in [2.75, 3.05) is 29.9 Å². The van der Waals surface area contributed by atoms with Gasteiger partial charge in [0.25, 0.3) is 5.91 Å². The Labute approximate surface area is 193 Å². The summed E-state index contributed by atoms with van der Waals surface area (Å²) in [4.78, 5) is 28.7. The molecule has 0 bridgehead atoms. The third kappa shape index (κ3) is 5.68. The zero-order valence-corrected chi connectivity index (χ0v) is 18.6. The van der Waals surface area contributed by atoms with Crippen LogP contribution in [0.4, 0.5) is 15.8 Å². The van der Waals surface area contributed by atoms with E-state index in [1.165, 1.54) is 13.2 Å². The van der Waals surface area contributed by atoms with Gasteiger partial charge in [-0.2, -0.15) is 0 Å². The number of benzene rings is 2. The lowest BCUT2D eigenvalue weighted by molar-refractivity contribution is -0.114. The number of carbonyl (C=O) groups excluding carboxylic acids is 2. The van der Waals surface area contributed by atoms with Gasteiger partial charge in [0.05, 0.1) is 6.26 Å². The predicted octanol–water partition coefficient (Wildman–Crippen LogP) is 5.06. The molecule has 0 saturated carbocycles. The molecule has 1 aromatic heterocycles. The Hall–Kier alpha value is -3.45. The van der Waals surface area contributed by atoms with Gasteiger partial charge in [0.15, 0.2) is 5.76 Å². The maximum absolute atomic E-state index is 14.7. The topological polar surface area (TPSA) is 65.8 Å². The predicted molar refractivity (Wildman–Crippen MR) is 126 cm³/mol. The molecule has 33 heavy (non-hydrogen) atoms. The van der Waals surface area contributed by atoms with Crippen LogP contribution < -0.4 is 10.2 Å². The number of halogens is 1. The summed E-state index contributed by atoms with van der Waals surface area (Å²) in [7, 11) is 0. The SMILES string of the molecule is CC(=O)Nc1cccc(N(C(=O)c2ccco2)C2CCN(CC(F)c3ccccc3)CC2)c1. The van der Waals surface area contributed by atoms with Crippen LogP contribution in [0.2, 0.25) is 0 Å². The lowest BCUT2D eigenvalue weighted by Crippen LogP contribution is -2.48. The van der Waals surface area contributed by atoms with E-state index in [1.54, 1.807) is 29.2 Å². The molecule has 0 aliphatic carbocycles. The van der Waals surface area contributed by atoms with E-state index in [4.69, 9.17) is 4.42 Å². The van der Waals surface area contributed by atoms with Gasteiger partial charge in [0.1, 0.15) is 6.17 Å². The maximum atomic E-state index is 14.7. The molecule has 2 amide bonds. The molecule has 7 heteroatoms. The molecule has 172 valence electrons. The molecule has 1 unspecified atom stereocenters. The second-order valence-corrected chi connectivity index (χ2v) is 8.29. The van der Waals surface area contributed by atoms with Crippen molar-refractivity contribution in [1.82, 2.24) is 4.90 Å². The van der Waals surface area contributed by atoms with Crippen molar-refractivity contribution in [2.45, 2.75) is 32.0 Å². The second-order valence-electron chi connectivity index (χ2n) is 8.29. The molecule has 0 radical (unpaired) electrons. The van der Waals surface area contributed by atoms with Gasteiger partial charge in [-0.25, -0.2) is 4.39 Å². The van der Waals surface area contributed by atoms with E-state index >= 15 is 0 Å². The second kappa shape index (κ2) is 10.4. The molecule has 0 spiro atoms. The highest BCUT2D eigenvalue weighted by molar-refractivity contribution is 6.05. The Morgan fingerprint density at radius 3 is 2.52 bits per heavy atom. The Morgan fingerprint density at radius 1 is 1.09 bits per heavy atom. The molecule has 2 aromatic carbocycles. The average molecular weight is 450 g/mol. The molecule has 2 heterocycles. The largest absolute Gasteiger partial charge is 0.459 e. The van der Waals surface area contributed by atoms with Crippen molar-refractivity contribution in [3.8, 4) is 0 Å². The highest BCUT2D eigenvalue weighted by Crippen LogP contribution is 2.29. The molecular weight excluding hydrogens is 421 g/mol. The normalized spacial score (nSPS) is 15.7. The number of rotatable bonds is 7. The number of furan rings is 1. The molecule has 1 N–H and O–H groups in total. The summed E-state index contributed by atoms with van der Waals surface area (Å²) < 4.78 is 20.1. The first-order chi connectivity index (χ1) is 16.0.